The van der Waals surface area contributed by atoms with Crippen molar-refractivity contribution in [2.75, 3.05) is 11.9 Å². The first-order chi connectivity index (χ1) is 11.4. The molecule has 128 valence electrons. The molecule has 0 spiro atoms. The van der Waals surface area contributed by atoms with Crippen LogP contribution in [0.5, 0.6) is 0 Å². The van der Waals surface area contributed by atoms with Gasteiger partial charge >= 0.3 is 11.8 Å². The Bertz CT molecular complexity index is 725. The first kappa shape index (κ1) is 17.7. The lowest BCUT2D eigenvalue weighted by molar-refractivity contribution is -0.136. The number of nitrogens with zero attached hydrogens (tertiary/aromatic N) is 2. The third-order valence-electron chi connectivity index (χ3n) is 3.83. The lowest BCUT2D eigenvalue weighted by atomic mass is 10.1. The highest BCUT2D eigenvalue weighted by molar-refractivity contribution is 6.39. The van der Waals surface area contributed by atoms with Crippen molar-refractivity contribution in [2.24, 2.45) is 7.05 Å². The summed E-state index contributed by atoms with van der Waals surface area (Å²) < 4.78 is 1.63. The van der Waals surface area contributed by atoms with Crippen molar-refractivity contribution < 1.29 is 14.7 Å². The highest BCUT2D eigenvalue weighted by atomic mass is 16.3. The second-order valence-corrected chi connectivity index (χ2v) is 5.67. The molecule has 0 aliphatic carbocycles. The molecule has 0 bridgehead atoms. The van der Waals surface area contributed by atoms with E-state index in [9.17, 15) is 14.7 Å². The Hall–Kier alpha value is -2.67. The molecule has 1 aromatic heterocycles. The van der Waals surface area contributed by atoms with Gasteiger partial charge in [-0.1, -0.05) is 30.3 Å². The zero-order valence-electron chi connectivity index (χ0n) is 14.0. The van der Waals surface area contributed by atoms with Crippen molar-refractivity contribution in [3.05, 3.63) is 47.3 Å². The van der Waals surface area contributed by atoms with Crippen LogP contribution in [0.2, 0.25) is 0 Å². The molecule has 2 amide bonds. The molecule has 2 rings (SSSR count). The minimum atomic E-state index is -0.785. The van der Waals surface area contributed by atoms with Crippen molar-refractivity contribution in [2.45, 2.75) is 26.3 Å². The van der Waals surface area contributed by atoms with Crippen LogP contribution in [0.4, 0.5) is 5.69 Å². The summed E-state index contributed by atoms with van der Waals surface area (Å²) in [6, 6.07) is 8.93. The van der Waals surface area contributed by atoms with Crippen LogP contribution in [0.25, 0.3) is 0 Å². The number of aromatic nitrogens is 2. The number of amides is 2. The van der Waals surface area contributed by atoms with Gasteiger partial charge in [0.15, 0.2) is 0 Å². The first-order valence-electron chi connectivity index (χ1n) is 7.69. The van der Waals surface area contributed by atoms with Crippen molar-refractivity contribution in [1.29, 1.82) is 0 Å². The minimum absolute atomic E-state index is 0.251. The van der Waals surface area contributed by atoms with Crippen LogP contribution in [-0.2, 0) is 23.1 Å². The lowest BCUT2D eigenvalue weighted by Crippen LogP contribution is -2.44. The smallest absolute Gasteiger partial charge is 0.313 e. The summed E-state index contributed by atoms with van der Waals surface area (Å²) in [6.45, 7) is 3.31. The van der Waals surface area contributed by atoms with Crippen LogP contribution >= 0.6 is 0 Å². The first-order valence-corrected chi connectivity index (χ1v) is 7.69. The molecule has 0 unspecified atom stereocenters. The third-order valence-corrected chi connectivity index (χ3v) is 3.83. The van der Waals surface area contributed by atoms with Gasteiger partial charge in [0.05, 0.1) is 29.7 Å². The zero-order chi connectivity index (χ0) is 17.7. The summed E-state index contributed by atoms with van der Waals surface area (Å²) in [7, 11) is 1.76. The molecule has 0 fully saturated rings. The van der Waals surface area contributed by atoms with E-state index in [0.29, 0.717) is 17.8 Å². The van der Waals surface area contributed by atoms with E-state index in [2.05, 4.69) is 15.7 Å². The van der Waals surface area contributed by atoms with E-state index in [-0.39, 0.29) is 6.61 Å². The number of aryl methyl sites for hydroxylation is 2. The van der Waals surface area contributed by atoms with Gasteiger partial charge < -0.3 is 15.7 Å². The SMILES string of the molecule is Cc1nn(C)c(C)c1NC(=O)C(=O)N[C@@H](CO)Cc1ccccc1. The van der Waals surface area contributed by atoms with Gasteiger partial charge in [0.1, 0.15) is 0 Å². The Kier molecular flexibility index (Phi) is 5.70. The average Bonchev–Trinajstić information content (AvgIpc) is 2.81. The molecule has 0 saturated carbocycles. The van der Waals surface area contributed by atoms with Gasteiger partial charge in [0.2, 0.25) is 0 Å². The molecule has 0 aliphatic rings. The molecule has 0 radical (unpaired) electrons. The Labute approximate surface area is 140 Å². The van der Waals surface area contributed by atoms with Gasteiger partial charge in [0, 0.05) is 7.05 Å². The molecule has 3 N–H and O–H groups in total. The van der Waals surface area contributed by atoms with E-state index in [4.69, 9.17) is 0 Å². The summed E-state index contributed by atoms with van der Waals surface area (Å²) in [5.74, 6) is -1.56. The fraction of sp³-hybridized carbons (Fsp3) is 0.353. The van der Waals surface area contributed by atoms with Crippen molar-refractivity contribution in [3.8, 4) is 0 Å². The van der Waals surface area contributed by atoms with Gasteiger partial charge in [-0.25, -0.2) is 0 Å². The number of hydrogen-bond donors (Lipinski definition) is 3. The van der Waals surface area contributed by atoms with Gasteiger partial charge in [-0.15, -0.1) is 0 Å². The number of hydrogen-bond acceptors (Lipinski definition) is 4. The van der Waals surface area contributed by atoms with Crippen LogP contribution in [0.15, 0.2) is 30.3 Å². The van der Waals surface area contributed by atoms with Crippen molar-refractivity contribution in [1.82, 2.24) is 15.1 Å². The van der Waals surface area contributed by atoms with Crippen LogP contribution in [0.3, 0.4) is 0 Å². The van der Waals surface area contributed by atoms with E-state index in [0.717, 1.165) is 11.3 Å². The van der Waals surface area contributed by atoms with Crippen molar-refractivity contribution in [3.63, 3.8) is 0 Å². The monoisotopic (exact) mass is 330 g/mol. The number of aliphatic hydroxyl groups excluding tert-OH is 1. The fourth-order valence-electron chi connectivity index (χ4n) is 2.44. The number of carbonyl (C=O) groups excluding carboxylic acids is 2. The Morgan fingerprint density at radius 3 is 2.42 bits per heavy atom. The zero-order valence-corrected chi connectivity index (χ0v) is 14.0. The lowest BCUT2D eigenvalue weighted by Gasteiger charge is -2.16. The van der Waals surface area contributed by atoms with Crippen LogP contribution in [0.1, 0.15) is 17.0 Å². The van der Waals surface area contributed by atoms with Gasteiger partial charge in [-0.05, 0) is 25.8 Å². The summed E-state index contributed by atoms with van der Waals surface area (Å²) in [6.07, 6.45) is 0.446. The average molecular weight is 330 g/mol. The van der Waals surface area contributed by atoms with Gasteiger partial charge in [-0.2, -0.15) is 5.10 Å². The topological polar surface area (TPSA) is 96.2 Å². The number of nitrogens with one attached hydrogen (secondary N) is 2. The van der Waals surface area contributed by atoms with E-state index >= 15 is 0 Å². The van der Waals surface area contributed by atoms with E-state index in [1.54, 1.807) is 25.6 Å². The fourth-order valence-corrected chi connectivity index (χ4v) is 2.44. The predicted molar refractivity (Wildman–Crippen MR) is 90.5 cm³/mol. The third kappa shape index (κ3) is 4.20. The Morgan fingerprint density at radius 1 is 1.21 bits per heavy atom. The number of aliphatic hydroxyl groups is 1. The Balaban J connectivity index is 1.98. The number of rotatable bonds is 5. The quantitative estimate of drug-likeness (QED) is 0.703. The molecule has 1 heterocycles. The van der Waals surface area contributed by atoms with Crippen LogP contribution in [-0.4, -0.2) is 39.4 Å². The molecule has 7 nitrogen and oxygen atoms in total. The second-order valence-electron chi connectivity index (χ2n) is 5.67. The Morgan fingerprint density at radius 2 is 1.88 bits per heavy atom. The van der Waals surface area contributed by atoms with E-state index < -0.39 is 17.9 Å². The highest BCUT2D eigenvalue weighted by Crippen LogP contribution is 2.18. The van der Waals surface area contributed by atoms with Crippen LogP contribution in [0, 0.1) is 13.8 Å². The van der Waals surface area contributed by atoms with Crippen molar-refractivity contribution >= 4 is 17.5 Å². The van der Waals surface area contributed by atoms with Gasteiger partial charge in [0.25, 0.3) is 0 Å². The molecule has 0 aliphatic heterocycles. The summed E-state index contributed by atoms with van der Waals surface area (Å²) >= 11 is 0. The second kappa shape index (κ2) is 7.74. The summed E-state index contributed by atoms with van der Waals surface area (Å²) in [5.41, 5.74) is 2.90. The molecular weight excluding hydrogens is 308 g/mol. The summed E-state index contributed by atoms with van der Waals surface area (Å²) in [4.78, 5) is 24.2. The molecule has 1 atom stereocenters. The maximum Gasteiger partial charge on any atom is 0.313 e. The summed E-state index contributed by atoms with van der Waals surface area (Å²) in [5, 5.41) is 18.8. The molecule has 0 saturated heterocycles. The van der Waals surface area contributed by atoms with E-state index in [1.807, 2.05) is 30.3 Å². The number of anilines is 1. The maximum absolute atomic E-state index is 12.1. The standard InChI is InChI=1S/C17H22N4O3/c1-11-15(12(2)21(3)20-11)19-17(24)16(23)18-14(10-22)9-13-7-5-4-6-8-13/h4-8,14,22H,9-10H2,1-3H3,(H,18,23)(H,19,24)/t14-/m1/s1. The molecule has 24 heavy (non-hydrogen) atoms. The number of benzene rings is 1. The highest BCUT2D eigenvalue weighted by Gasteiger charge is 2.21. The largest absolute Gasteiger partial charge is 0.394 e. The molecular formula is C17H22N4O3. The minimum Gasteiger partial charge on any atom is -0.394 e. The molecule has 1 aromatic carbocycles. The molecule has 7 heteroatoms. The predicted octanol–water partition coefficient (Wildman–Crippen LogP) is 0.695. The van der Waals surface area contributed by atoms with Gasteiger partial charge in [-0.3, -0.25) is 14.3 Å². The molecule has 2 aromatic rings. The maximum atomic E-state index is 12.1. The number of carbonyl (C=O) groups is 2. The normalized spacial score (nSPS) is 11.8. The van der Waals surface area contributed by atoms with Crippen LogP contribution < -0.4 is 10.6 Å². The van der Waals surface area contributed by atoms with E-state index in [1.165, 1.54) is 0 Å².